The van der Waals surface area contributed by atoms with E-state index in [9.17, 15) is 5.11 Å². The van der Waals surface area contributed by atoms with Crippen LogP contribution in [0.25, 0.3) is 0 Å². The van der Waals surface area contributed by atoms with Crippen molar-refractivity contribution >= 4 is 0 Å². The lowest BCUT2D eigenvalue weighted by molar-refractivity contribution is 0.0237. The minimum atomic E-state index is -0.0770. The van der Waals surface area contributed by atoms with Gasteiger partial charge in [0.05, 0.1) is 6.10 Å². The highest BCUT2D eigenvalue weighted by Crippen LogP contribution is 2.31. The van der Waals surface area contributed by atoms with Crippen LogP contribution in [-0.4, -0.2) is 61.3 Å². The van der Waals surface area contributed by atoms with Crippen LogP contribution in [0.3, 0.4) is 0 Å². The number of nitrogens with zero attached hydrogens (tertiary/aromatic N) is 2. The minimum Gasteiger partial charge on any atom is -0.393 e. The van der Waals surface area contributed by atoms with Gasteiger partial charge < -0.3 is 14.9 Å². The molecular formula is C17H36N2O. The molecule has 0 aliphatic heterocycles. The van der Waals surface area contributed by atoms with Crippen molar-refractivity contribution in [2.45, 2.75) is 52.6 Å². The molecule has 1 aliphatic carbocycles. The Hall–Kier alpha value is -0.120. The van der Waals surface area contributed by atoms with Crippen LogP contribution in [0.15, 0.2) is 0 Å². The number of likely N-dealkylation sites (N-methyl/N-ethyl adjacent to an activating group) is 1. The molecule has 1 saturated carbocycles. The number of hydrogen-bond acceptors (Lipinski definition) is 3. The van der Waals surface area contributed by atoms with Gasteiger partial charge in [-0.1, -0.05) is 27.2 Å². The van der Waals surface area contributed by atoms with Crippen LogP contribution in [-0.2, 0) is 0 Å². The molecule has 1 rings (SSSR count). The lowest BCUT2D eigenvalue weighted by atomic mass is 9.78. The molecule has 0 aromatic heterocycles. The van der Waals surface area contributed by atoms with Crippen molar-refractivity contribution in [3.8, 4) is 0 Å². The average Bonchev–Trinajstić information content (AvgIpc) is 2.37. The quantitative estimate of drug-likeness (QED) is 0.742. The van der Waals surface area contributed by atoms with Gasteiger partial charge in [0.25, 0.3) is 0 Å². The maximum absolute atomic E-state index is 10.3. The third-order valence-corrected chi connectivity index (χ3v) is 4.61. The molecular weight excluding hydrogens is 248 g/mol. The maximum atomic E-state index is 10.3. The fourth-order valence-corrected chi connectivity index (χ4v) is 3.36. The van der Waals surface area contributed by atoms with Gasteiger partial charge in [0.15, 0.2) is 0 Å². The SMILES string of the molecule is CCC1CCC(O)C(CN(CCN(C)C)CC(C)C)C1. The Labute approximate surface area is 126 Å². The van der Waals surface area contributed by atoms with Crippen LogP contribution in [0.5, 0.6) is 0 Å². The molecule has 3 heteroatoms. The summed E-state index contributed by atoms with van der Waals surface area (Å²) in [4.78, 5) is 4.82. The number of rotatable bonds is 8. The van der Waals surface area contributed by atoms with Crippen molar-refractivity contribution in [1.29, 1.82) is 0 Å². The van der Waals surface area contributed by atoms with Gasteiger partial charge in [-0.05, 0) is 51.1 Å². The normalized spacial score (nSPS) is 27.8. The highest BCUT2D eigenvalue weighted by Gasteiger charge is 2.29. The molecule has 20 heavy (non-hydrogen) atoms. The number of hydrogen-bond donors (Lipinski definition) is 1. The molecule has 1 fully saturated rings. The standard InChI is InChI=1S/C17H36N2O/c1-6-15-7-8-17(20)16(11-15)13-19(12-14(2)3)10-9-18(4)5/h14-17,20H,6-13H2,1-5H3. The Morgan fingerprint density at radius 2 is 1.85 bits per heavy atom. The molecule has 3 unspecified atom stereocenters. The topological polar surface area (TPSA) is 26.7 Å². The second-order valence-electron chi connectivity index (χ2n) is 7.37. The van der Waals surface area contributed by atoms with E-state index in [4.69, 9.17) is 0 Å². The summed E-state index contributed by atoms with van der Waals surface area (Å²) in [6.07, 6.45) is 4.63. The molecule has 1 N–H and O–H groups in total. The molecule has 3 atom stereocenters. The molecule has 0 amide bonds. The molecule has 0 aromatic carbocycles. The smallest absolute Gasteiger partial charge is 0.0580 e. The van der Waals surface area contributed by atoms with E-state index in [1.165, 1.54) is 19.3 Å². The maximum Gasteiger partial charge on any atom is 0.0580 e. The molecule has 0 heterocycles. The molecule has 0 bridgehead atoms. The Kier molecular flexibility index (Phi) is 8.08. The second kappa shape index (κ2) is 9.01. The summed E-state index contributed by atoms with van der Waals surface area (Å²) in [7, 11) is 4.27. The van der Waals surface area contributed by atoms with E-state index in [-0.39, 0.29) is 6.10 Å². The van der Waals surface area contributed by atoms with E-state index in [0.717, 1.165) is 38.5 Å². The van der Waals surface area contributed by atoms with Crippen LogP contribution in [0.4, 0.5) is 0 Å². The molecule has 0 radical (unpaired) electrons. The molecule has 0 aromatic rings. The van der Waals surface area contributed by atoms with E-state index < -0.39 is 0 Å². The lowest BCUT2D eigenvalue weighted by Crippen LogP contribution is -2.42. The third kappa shape index (κ3) is 6.55. The first-order chi connectivity index (χ1) is 9.42. The Morgan fingerprint density at radius 1 is 1.15 bits per heavy atom. The van der Waals surface area contributed by atoms with E-state index in [1.807, 2.05) is 0 Å². The van der Waals surface area contributed by atoms with Gasteiger partial charge in [0.2, 0.25) is 0 Å². The summed E-state index contributed by atoms with van der Waals surface area (Å²) < 4.78 is 0. The zero-order chi connectivity index (χ0) is 15.1. The summed E-state index contributed by atoms with van der Waals surface area (Å²) in [5.41, 5.74) is 0. The van der Waals surface area contributed by atoms with Gasteiger partial charge in [-0.3, -0.25) is 0 Å². The first-order valence-corrected chi connectivity index (χ1v) is 8.47. The van der Waals surface area contributed by atoms with Crippen LogP contribution in [0, 0.1) is 17.8 Å². The molecule has 120 valence electrons. The Balaban J connectivity index is 2.52. The van der Waals surface area contributed by atoms with Crippen LogP contribution < -0.4 is 0 Å². The van der Waals surface area contributed by atoms with E-state index >= 15 is 0 Å². The minimum absolute atomic E-state index is 0.0770. The van der Waals surface area contributed by atoms with Crippen LogP contribution in [0.1, 0.15) is 46.5 Å². The molecule has 1 aliphatic rings. The van der Waals surface area contributed by atoms with Crippen molar-refractivity contribution in [2.75, 3.05) is 40.3 Å². The van der Waals surface area contributed by atoms with Crippen LogP contribution in [0.2, 0.25) is 0 Å². The third-order valence-electron chi connectivity index (χ3n) is 4.61. The Bertz CT molecular complexity index is 255. The summed E-state index contributed by atoms with van der Waals surface area (Å²) in [6.45, 7) is 11.3. The zero-order valence-electron chi connectivity index (χ0n) is 14.3. The summed E-state index contributed by atoms with van der Waals surface area (Å²) in [5, 5.41) is 10.3. The summed E-state index contributed by atoms with van der Waals surface area (Å²) in [5.74, 6) is 2.01. The highest BCUT2D eigenvalue weighted by atomic mass is 16.3. The predicted molar refractivity (Wildman–Crippen MR) is 87.0 cm³/mol. The number of aliphatic hydroxyl groups is 1. The average molecular weight is 284 g/mol. The van der Waals surface area contributed by atoms with E-state index in [1.54, 1.807) is 0 Å². The highest BCUT2D eigenvalue weighted by molar-refractivity contribution is 4.82. The molecule has 0 spiro atoms. The first kappa shape index (κ1) is 17.9. The second-order valence-corrected chi connectivity index (χ2v) is 7.37. The van der Waals surface area contributed by atoms with Crippen molar-refractivity contribution in [3.05, 3.63) is 0 Å². The first-order valence-electron chi connectivity index (χ1n) is 8.47. The monoisotopic (exact) mass is 284 g/mol. The van der Waals surface area contributed by atoms with Gasteiger partial charge >= 0.3 is 0 Å². The van der Waals surface area contributed by atoms with Crippen molar-refractivity contribution < 1.29 is 5.11 Å². The summed E-state index contributed by atoms with van der Waals surface area (Å²) in [6, 6.07) is 0. The van der Waals surface area contributed by atoms with Crippen LogP contribution >= 0.6 is 0 Å². The fraction of sp³-hybridized carbons (Fsp3) is 1.00. The lowest BCUT2D eigenvalue weighted by Gasteiger charge is -2.37. The number of aliphatic hydroxyl groups excluding tert-OH is 1. The van der Waals surface area contributed by atoms with Crippen molar-refractivity contribution in [2.24, 2.45) is 17.8 Å². The van der Waals surface area contributed by atoms with Gasteiger partial charge in [-0.2, -0.15) is 0 Å². The zero-order valence-corrected chi connectivity index (χ0v) is 14.3. The van der Waals surface area contributed by atoms with Gasteiger partial charge in [-0.15, -0.1) is 0 Å². The largest absolute Gasteiger partial charge is 0.393 e. The molecule has 3 nitrogen and oxygen atoms in total. The summed E-state index contributed by atoms with van der Waals surface area (Å²) >= 11 is 0. The van der Waals surface area contributed by atoms with Gasteiger partial charge in [0.1, 0.15) is 0 Å². The Morgan fingerprint density at radius 3 is 2.40 bits per heavy atom. The van der Waals surface area contributed by atoms with Crippen molar-refractivity contribution in [1.82, 2.24) is 9.80 Å². The van der Waals surface area contributed by atoms with Crippen molar-refractivity contribution in [3.63, 3.8) is 0 Å². The van der Waals surface area contributed by atoms with E-state index in [2.05, 4.69) is 44.7 Å². The molecule has 0 saturated heterocycles. The van der Waals surface area contributed by atoms with Gasteiger partial charge in [0, 0.05) is 26.2 Å². The van der Waals surface area contributed by atoms with Gasteiger partial charge in [-0.25, -0.2) is 0 Å². The predicted octanol–water partition coefficient (Wildman–Crippen LogP) is 2.69. The van der Waals surface area contributed by atoms with E-state index in [0.29, 0.717) is 11.8 Å². The fourth-order valence-electron chi connectivity index (χ4n) is 3.36.